The molecule has 0 aliphatic rings. The molecule has 2 aromatic rings. The standard InChI is InChI=1S/C15H14BrClN2OS/c16-11-5-7-12(8-6-11)19-15(21)18-9-10-20-14-4-2-1-3-13(14)17/h1-8H,9-10H2,(H2,18,19,21). The third-order valence-electron chi connectivity index (χ3n) is 2.58. The Bertz CT molecular complexity index is 607. The van der Waals surface area contributed by atoms with E-state index < -0.39 is 0 Å². The molecule has 0 radical (unpaired) electrons. The number of thiocarbonyl (C=S) groups is 1. The highest BCUT2D eigenvalue weighted by molar-refractivity contribution is 9.10. The van der Waals surface area contributed by atoms with Crippen molar-refractivity contribution in [3.05, 3.63) is 58.0 Å². The number of ether oxygens (including phenoxy) is 1. The molecule has 0 amide bonds. The molecule has 2 rings (SSSR count). The highest BCUT2D eigenvalue weighted by Crippen LogP contribution is 2.22. The summed E-state index contributed by atoms with van der Waals surface area (Å²) in [6, 6.07) is 15.2. The van der Waals surface area contributed by atoms with Crippen LogP contribution in [0.25, 0.3) is 0 Å². The van der Waals surface area contributed by atoms with E-state index in [9.17, 15) is 0 Å². The molecular weight excluding hydrogens is 372 g/mol. The van der Waals surface area contributed by atoms with Gasteiger partial charge in [-0.1, -0.05) is 39.7 Å². The summed E-state index contributed by atoms with van der Waals surface area (Å²) in [4.78, 5) is 0. The van der Waals surface area contributed by atoms with Crippen molar-refractivity contribution in [1.29, 1.82) is 0 Å². The maximum Gasteiger partial charge on any atom is 0.170 e. The van der Waals surface area contributed by atoms with Gasteiger partial charge in [0.1, 0.15) is 12.4 Å². The number of anilines is 1. The average molecular weight is 386 g/mol. The zero-order chi connectivity index (χ0) is 15.1. The zero-order valence-electron chi connectivity index (χ0n) is 11.1. The monoisotopic (exact) mass is 384 g/mol. The van der Waals surface area contributed by atoms with Crippen molar-refractivity contribution in [3.63, 3.8) is 0 Å². The quantitative estimate of drug-likeness (QED) is 0.588. The van der Waals surface area contributed by atoms with Crippen LogP contribution in [0.2, 0.25) is 5.02 Å². The van der Waals surface area contributed by atoms with E-state index in [2.05, 4.69) is 26.6 Å². The van der Waals surface area contributed by atoms with Gasteiger partial charge >= 0.3 is 0 Å². The van der Waals surface area contributed by atoms with Crippen molar-refractivity contribution < 1.29 is 4.74 Å². The van der Waals surface area contributed by atoms with Gasteiger partial charge in [0.25, 0.3) is 0 Å². The Kier molecular flexibility index (Phi) is 6.29. The van der Waals surface area contributed by atoms with Crippen LogP contribution in [0.5, 0.6) is 5.75 Å². The molecule has 21 heavy (non-hydrogen) atoms. The van der Waals surface area contributed by atoms with Crippen molar-refractivity contribution in [2.45, 2.75) is 0 Å². The Morgan fingerprint density at radius 1 is 1.14 bits per heavy atom. The summed E-state index contributed by atoms with van der Waals surface area (Å²) in [5, 5.41) is 7.33. The van der Waals surface area contributed by atoms with Crippen molar-refractivity contribution >= 4 is 50.5 Å². The maximum absolute atomic E-state index is 6.00. The van der Waals surface area contributed by atoms with Gasteiger partial charge in [0, 0.05) is 10.2 Å². The van der Waals surface area contributed by atoms with Crippen LogP contribution >= 0.6 is 39.7 Å². The zero-order valence-corrected chi connectivity index (χ0v) is 14.3. The summed E-state index contributed by atoms with van der Waals surface area (Å²) in [5.41, 5.74) is 0.933. The second-order valence-corrected chi connectivity index (χ2v) is 5.90. The lowest BCUT2D eigenvalue weighted by Crippen LogP contribution is -2.31. The van der Waals surface area contributed by atoms with E-state index in [1.54, 1.807) is 6.07 Å². The van der Waals surface area contributed by atoms with Gasteiger partial charge in [-0.25, -0.2) is 0 Å². The Morgan fingerprint density at radius 3 is 2.57 bits per heavy atom. The Hall–Kier alpha value is -1.30. The molecule has 0 atom stereocenters. The second-order valence-electron chi connectivity index (χ2n) is 4.17. The first-order valence-electron chi connectivity index (χ1n) is 6.33. The molecule has 0 heterocycles. The molecular formula is C15H14BrClN2OS. The number of rotatable bonds is 5. The third-order valence-corrected chi connectivity index (χ3v) is 3.67. The lowest BCUT2D eigenvalue weighted by atomic mass is 10.3. The maximum atomic E-state index is 6.00. The van der Waals surface area contributed by atoms with Gasteiger partial charge in [-0.3, -0.25) is 0 Å². The number of hydrogen-bond acceptors (Lipinski definition) is 2. The summed E-state index contributed by atoms with van der Waals surface area (Å²) in [6.07, 6.45) is 0. The third kappa shape index (κ3) is 5.53. The first-order valence-corrected chi connectivity index (χ1v) is 7.91. The van der Waals surface area contributed by atoms with Gasteiger partial charge in [-0.2, -0.15) is 0 Å². The Morgan fingerprint density at radius 2 is 1.86 bits per heavy atom. The van der Waals surface area contributed by atoms with E-state index in [0.29, 0.717) is 29.0 Å². The van der Waals surface area contributed by atoms with Gasteiger partial charge in [0.05, 0.1) is 11.6 Å². The number of nitrogens with one attached hydrogen (secondary N) is 2. The molecule has 0 aromatic heterocycles. The van der Waals surface area contributed by atoms with Crippen LogP contribution < -0.4 is 15.4 Å². The number of para-hydroxylation sites is 1. The lowest BCUT2D eigenvalue weighted by molar-refractivity contribution is 0.323. The summed E-state index contributed by atoms with van der Waals surface area (Å²) < 4.78 is 6.59. The van der Waals surface area contributed by atoms with E-state index in [1.165, 1.54) is 0 Å². The summed E-state index contributed by atoms with van der Waals surface area (Å²) >= 11 is 14.6. The van der Waals surface area contributed by atoms with Gasteiger partial charge in [-0.05, 0) is 48.6 Å². The lowest BCUT2D eigenvalue weighted by Gasteiger charge is -2.12. The van der Waals surface area contributed by atoms with Crippen LogP contribution in [0.3, 0.4) is 0 Å². The smallest absolute Gasteiger partial charge is 0.170 e. The SMILES string of the molecule is S=C(NCCOc1ccccc1Cl)Nc1ccc(Br)cc1. The van der Waals surface area contributed by atoms with Crippen LogP contribution in [0.4, 0.5) is 5.69 Å². The minimum Gasteiger partial charge on any atom is -0.490 e. The molecule has 2 N–H and O–H groups in total. The number of benzene rings is 2. The minimum atomic E-state index is 0.478. The van der Waals surface area contributed by atoms with Gasteiger partial charge in [0.15, 0.2) is 5.11 Å². The molecule has 3 nitrogen and oxygen atoms in total. The van der Waals surface area contributed by atoms with Gasteiger partial charge in [-0.15, -0.1) is 0 Å². The molecule has 0 fully saturated rings. The molecule has 0 saturated carbocycles. The van der Waals surface area contributed by atoms with Crippen molar-refractivity contribution in [2.24, 2.45) is 0 Å². The first kappa shape index (κ1) is 16.1. The molecule has 0 aliphatic heterocycles. The van der Waals surface area contributed by atoms with Crippen LogP contribution in [-0.4, -0.2) is 18.3 Å². The van der Waals surface area contributed by atoms with E-state index in [0.717, 1.165) is 10.2 Å². The predicted octanol–water partition coefficient (Wildman–Crippen LogP) is 4.47. The fourth-order valence-electron chi connectivity index (χ4n) is 1.60. The molecule has 0 spiro atoms. The van der Waals surface area contributed by atoms with Gasteiger partial charge < -0.3 is 15.4 Å². The molecule has 0 bridgehead atoms. The molecule has 0 saturated heterocycles. The van der Waals surface area contributed by atoms with E-state index in [-0.39, 0.29) is 0 Å². The van der Waals surface area contributed by atoms with Crippen LogP contribution in [0.1, 0.15) is 0 Å². The predicted molar refractivity (Wildman–Crippen MR) is 95.3 cm³/mol. The summed E-state index contributed by atoms with van der Waals surface area (Å²) in [6.45, 7) is 1.07. The number of halogens is 2. The highest BCUT2D eigenvalue weighted by Gasteiger charge is 2.00. The van der Waals surface area contributed by atoms with Crippen molar-refractivity contribution in [1.82, 2.24) is 5.32 Å². The molecule has 2 aromatic carbocycles. The van der Waals surface area contributed by atoms with Crippen LogP contribution in [0, 0.1) is 0 Å². The molecule has 0 aliphatic carbocycles. The fourth-order valence-corrected chi connectivity index (χ4v) is 2.27. The van der Waals surface area contributed by atoms with E-state index in [4.69, 9.17) is 28.6 Å². The largest absolute Gasteiger partial charge is 0.490 e. The minimum absolute atomic E-state index is 0.478. The average Bonchev–Trinajstić information content (AvgIpc) is 2.48. The highest BCUT2D eigenvalue weighted by atomic mass is 79.9. The fraction of sp³-hybridized carbons (Fsp3) is 0.133. The van der Waals surface area contributed by atoms with Crippen LogP contribution in [-0.2, 0) is 0 Å². The Labute approximate surface area is 142 Å². The van der Waals surface area contributed by atoms with Gasteiger partial charge in [0.2, 0.25) is 0 Å². The van der Waals surface area contributed by atoms with E-state index >= 15 is 0 Å². The van der Waals surface area contributed by atoms with Crippen LogP contribution in [0.15, 0.2) is 53.0 Å². The topological polar surface area (TPSA) is 33.3 Å². The molecule has 110 valence electrons. The first-order chi connectivity index (χ1) is 10.1. The Balaban J connectivity index is 1.70. The van der Waals surface area contributed by atoms with Crippen molar-refractivity contribution in [2.75, 3.05) is 18.5 Å². The summed E-state index contributed by atoms with van der Waals surface area (Å²) in [5.74, 6) is 0.674. The van der Waals surface area contributed by atoms with Crippen molar-refractivity contribution in [3.8, 4) is 5.75 Å². The normalized spacial score (nSPS) is 10.0. The molecule has 6 heteroatoms. The number of hydrogen-bond donors (Lipinski definition) is 2. The van der Waals surface area contributed by atoms with E-state index in [1.807, 2.05) is 42.5 Å². The summed E-state index contributed by atoms with van der Waals surface area (Å²) in [7, 11) is 0. The second kappa shape index (κ2) is 8.22. The molecule has 0 unspecified atom stereocenters.